The third-order valence-electron chi connectivity index (χ3n) is 4.04. The summed E-state index contributed by atoms with van der Waals surface area (Å²) < 4.78 is 5.53. The maximum atomic E-state index is 12.4. The van der Waals surface area contributed by atoms with Gasteiger partial charge < -0.3 is 14.2 Å². The van der Waals surface area contributed by atoms with Crippen molar-refractivity contribution in [2.45, 2.75) is 13.5 Å². The topological polar surface area (TPSA) is 52.8 Å². The molecule has 0 atom stereocenters. The second kappa shape index (κ2) is 7.14. The Bertz CT molecular complexity index is 632. The zero-order valence-electron chi connectivity index (χ0n) is 13.6. The van der Waals surface area contributed by atoms with E-state index >= 15 is 0 Å². The number of furan rings is 1. The third-order valence-corrected chi connectivity index (χ3v) is 4.87. The molecular formula is C16H22N4O2S. The summed E-state index contributed by atoms with van der Waals surface area (Å²) in [4.78, 5) is 22.9. The molecular weight excluding hydrogens is 312 g/mol. The van der Waals surface area contributed by atoms with Crippen molar-refractivity contribution in [1.29, 1.82) is 0 Å². The van der Waals surface area contributed by atoms with E-state index in [0.717, 1.165) is 42.8 Å². The van der Waals surface area contributed by atoms with E-state index in [2.05, 4.69) is 14.8 Å². The molecule has 3 heterocycles. The molecule has 1 aliphatic rings. The molecule has 124 valence electrons. The van der Waals surface area contributed by atoms with E-state index < -0.39 is 0 Å². The largest absolute Gasteiger partial charge is 0.464 e. The summed E-state index contributed by atoms with van der Waals surface area (Å²) in [5.74, 6) is 1.83. The Morgan fingerprint density at radius 1 is 1.35 bits per heavy atom. The number of thiazole rings is 1. The minimum Gasteiger partial charge on any atom is -0.464 e. The summed E-state index contributed by atoms with van der Waals surface area (Å²) >= 11 is 1.66. The lowest BCUT2D eigenvalue weighted by Crippen LogP contribution is -2.49. The molecule has 23 heavy (non-hydrogen) atoms. The van der Waals surface area contributed by atoms with E-state index in [1.165, 1.54) is 0 Å². The molecule has 1 amide bonds. The number of aromatic nitrogens is 1. The summed E-state index contributed by atoms with van der Waals surface area (Å²) in [6.45, 7) is 6.50. The van der Waals surface area contributed by atoms with Crippen molar-refractivity contribution in [2.75, 3.05) is 44.7 Å². The highest BCUT2D eigenvalue weighted by molar-refractivity contribution is 7.13. The highest BCUT2D eigenvalue weighted by atomic mass is 32.1. The molecule has 0 aromatic carbocycles. The molecule has 0 saturated carbocycles. The van der Waals surface area contributed by atoms with Crippen LogP contribution in [0.25, 0.3) is 0 Å². The van der Waals surface area contributed by atoms with Gasteiger partial charge in [0.2, 0.25) is 5.91 Å². The van der Waals surface area contributed by atoms with Crippen molar-refractivity contribution in [3.63, 3.8) is 0 Å². The summed E-state index contributed by atoms with van der Waals surface area (Å²) in [7, 11) is 1.83. The first kappa shape index (κ1) is 16.0. The molecule has 0 aliphatic carbocycles. The van der Waals surface area contributed by atoms with Gasteiger partial charge in [0, 0.05) is 44.8 Å². The standard InChI is InChI=1S/C16H22N4O2S/c1-13-3-4-14(22-13)11-18(2)15(21)12-19-6-8-20(9-7-19)16-17-5-10-23-16/h3-5,10H,6-9,11-12H2,1-2H3. The van der Waals surface area contributed by atoms with Crippen molar-refractivity contribution < 1.29 is 9.21 Å². The van der Waals surface area contributed by atoms with Crippen LogP contribution in [-0.4, -0.2) is 60.5 Å². The fourth-order valence-electron chi connectivity index (χ4n) is 2.67. The molecule has 7 heteroatoms. The van der Waals surface area contributed by atoms with Gasteiger partial charge in [-0.25, -0.2) is 4.98 Å². The van der Waals surface area contributed by atoms with Crippen LogP contribution in [0, 0.1) is 6.92 Å². The summed E-state index contributed by atoms with van der Waals surface area (Å²) in [5.41, 5.74) is 0. The van der Waals surface area contributed by atoms with Crippen LogP contribution in [0.4, 0.5) is 5.13 Å². The minimum atomic E-state index is 0.127. The zero-order chi connectivity index (χ0) is 16.2. The lowest BCUT2D eigenvalue weighted by atomic mass is 10.3. The van der Waals surface area contributed by atoms with Crippen LogP contribution >= 0.6 is 11.3 Å². The zero-order valence-corrected chi connectivity index (χ0v) is 14.4. The fraction of sp³-hybridized carbons (Fsp3) is 0.500. The Labute approximate surface area is 140 Å². The van der Waals surface area contributed by atoms with Crippen LogP contribution in [0.2, 0.25) is 0 Å². The van der Waals surface area contributed by atoms with E-state index in [1.807, 2.05) is 37.7 Å². The molecule has 1 fully saturated rings. The first-order valence-corrected chi connectivity index (χ1v) is 8.66. The van der Waals surface area contributed by atoms with Gasteiger partial charge in [-0.1, -0.05) is 0 Å². The molecule has 0 bridgehead atoms. The number of hydrogen-bond donors (Lipinski definition) is 0. The predicted octanol–water partition coefficient (Wildman–Crippen LogP) is 1.83. The number of carbonyl (C=O) groups excluding carboxylic acids is 1. The van der Waals surface area contributed by atoms with Crippen molar-refractivity contribution in [3.05, 3.63) is 35.2 Å². The number of likely N-dealkylation sites (N-methyl/N-ethyl adjacent to an activating group) is 1. The summed E-state index contributed by atoms with van der Waals surface area (Å²) in [5, 5.41) is 3.07. The monoisotopic (exact) mass is 334 g/mol. The average molecular weight is 334 g/mol. The Morgan fingerprint density at radius 2 is 2.13 bits per heavy atom. The van der Waals surface area contributed by atoms with Gasteiger partial charge in [-0.2, -0.15) is 0 Å². The first-order valence-electron chi connectivity index (χ1n) is 7.78. The van der Waals surface area contributed by atoms with E-state index in [4.69, 9.17) is 4.42 Å². The van der Waals surface area contributed by atoms with Gasteiger partial charge in [-0.15, -0.1) is 11.3 Å². The van der Waals surface area contributed by atoms with Crippen LogP contribution in [0.3, 0.4) is 0 Å². The quantitative estimate of drug-likeness (QED) is 0.835. The van der Waals surface area contributed by atoms with Crippen molar-refractivity contribution >= 4 is 22.4 Å². The van der Waals surface area contributed by atoms with Crippen molar-refractivity contribution in [1.82, 2.24) is 14.8 Å². The fourth-order valence-corrected chi connectivity index (χ4v) is 3.37. The lowest BCUT2D eigenvalue weighted by Gasteiger charge is -2.34. The van der Waals surface area contributed by atoms with Crippen LogP contribution in [0.1, 0.15) is 11.5 Å². The van der Waals surface area contributed by atoms with Crippen molar-refractivity contribution in [2.24, 2.45) is 0 Å². The number of hydrogen-bond acceptors (Lipinski definition) is 6. The molecule has 0 spiro atoms. The smallest absolute Gasteiger partial charge is 0.236 e. The van der Waals surface area contributed by atoms with Gasteiger partial charge in [0.1, 0.15) is 11.5 Å². The molecule has 1 saturated heterocycles. The highest BCUT2D eigenvalue weighted by Crippen LogP contribution is 2.18. The van der Waals surface area contributed by atoms with Gasteiger partial charge in [0.05, 0.1) is 13.1 Å². The van der Waals surface area contributed by atoms with Crippen molar-refractivity contribution in [3.8, 4) is 0 Å². The van der Waals surface area contributed by atoms with E-state index in [9.17, 15) is 4.79 Å². The number of amides is 1. The average Bonchev–Trinajstić information content (AvgIpc) is 3.20. The molecule has 1 aliphatic heterocycles. The molecule has 0 radical (unpaired) electrons. The predicted molar refractivity (Wildman–Crippen MR) is 90.7 cm³/mol. The van der Waals surface area contributed by atoms with Crippen LogP contribution in [0.15, 0.2) is 28.1 Å². The molecule has 2 aromatic heterocycles. The van der Waals surface area contributed by atoms with E-state index in [-0.39, 0.29) is 5.91 Å². The van der Waals surface area contributed by atoms with Gasteiger partial charge in [0.15, 0.2) is 5.13 Å². The molecule has 0 unspecified atom stereocenters. The molecule has 6 nitrogen and oxygen atoms in total. The molecule has 3 rings (SSSR count). The molecule has 0 N–H and O–H groups in total. The first-order chi connectivity index (χ1) is 11.1. The number of anilines is 1. The maximum absolute atomic E-state index is 12.4. The number of aryl methyl sites for hydroxylation is 1. The second-order valence-electron chi connectivity index (χ2n) is 5.84. The highest BCUT2D eigenvalue weighted by Gasteiger charge is 2.22. The van der Waals surface area contributed by atoms with Crippen LogP contribution < -0.4 is 4.90 Å². The number of nitrogens with zero attached hydrogens (tertiary/aromatic N) is 4. The van der Waals surface area contributed by atoms with Gasteiger partial charge in [0.25, 0.3) is 0 Å². The maximum Gasteiger partial charge on any atom is 0.236 e. The van der Waals surface area contributed by atoms with Crippen LogP contribution in [-0.2, 0) is 11.3 Å². The summed E-state index contributed by atoms with van der Waals surface area (Å²) in [6.07, 6.45) is 1.83. The molecule has 2 aromatic rings. The van der Waals surface area contributed by atoms with Gasteiger partial charge in [-0.3, -0.25) is 9.69 Å². The van der Waals surface area contributed by atoms with Gasteiger partial charge >= 0.3 is 0 Å². The number of carbonyl (C=O) groups is 1. The minimum absolute atomic E-state index is 0.127. The lowest BCUT2D eigenvalue weighted by molar-refractivity contribution is -0.132. The Kier molecular flexibility index (Phi) is 4.97. The Hall–Kier alpha value is -1.86. The second-order valence-corrected chi connectivity index (χ2v) is 6.71. The number of piperazine rings is 1. The van der Waals surface area contributed by atoms with E-state index in [0.29, 0.717) is 13.1 Å². The number of rotatable bonds is 5. The normalized spacial score (nSPS) is 15.8. The summed E-state index contributed by atoms with van der Waals surface area (Å²) in [6, 6.07) is 3.84. The Morgan fingerprint density at radius 3 is 2.74 bits per heavy atom. The van der Waals surface area contributed by atoms with Crippen LogP contribution in [0.5, 0.6) is 0 Å². The SMILES string of the molecule is Cc1ccc(CN(C)C(=O)CN2CCN(c3nccs3)CC2)o1. The van der Waals surface area contributed by atoms with Gasteiger partial charge in [-0.05, 0) is 19.1 Å². The van der Waals surface area contributed by atoms with E-state index in [1.54, 1.807) is 16.2 Å². The Balaban J connectivity index is 1.45. The third kappa shape index (κ3) is 4.11.